The Morgan fingerprint density at radius 1 is 0.914 bits per heavy atom. The topological polar surface area (TPSA) is 119 Å². The van der Waals surface area contributed by atoms with Gasteiger partial charge in [-0.25, -0.2) is 8.42 Å². The maximum Gasteiger partial charge on any atom is 0.322 e. The number of aromatic nitrogens is 2. The van der Waals surface area contributed by atoms with E-state index in [2.05, 4.69) is 15.5 Å². The van der Waals surface area contributed by atoms with E-state index < -0.39 is 15.9 Å². The standard InChI is InChI=1S/C25H20N4O5S/c1-29(16-17-7-3-2-4-8-17)35(31,32)20-13-11-18(12-14-20)23(30)26-25-28-27-24(34-25)22-15-19-9-5-6-10-21(19)33-22/h2-15H,16H2,1H3,(H,26,28,30). The molecule has 0 saturated carbocycles. The predicted octanol–water partition coefficient (Wildman–Crippen LogP) is 4.56. The molecule has 10 heteroatoms. The second kappa shape index (κ2) is 9.16. The monoisotopic (exact) mass is 488 g/mol. The van der Waals surface area contributed by atoms with Crippen LogP contribution in [0.3, 0.4) is 0 Å². The minimum absolute atomic E-state index is 0.0810. The number of rotatable bonds is 7. The zero-order valence-electron chi connectivity index (χ0n) is 18.6. The number of amides is 1. The molecule has 1 amide bonds. The number of benzene rings is 3. The molecule has 0 fully saturated rings. The molecule has 0 aliphatic heterocycles. The highest BCUT2D eigenvalue weighted by Gasteiger charge is 2.22. The molecule has 2 heterocycles. The van der Waals surface area contributed by atoms with Crippen LogP contribution in [-0.2, 0) is 16.6 Å². The van der Waals surface area contributed by atoms with Gasteiger partial charge in [-0.05, 0) is 42.0 Å². The second-order valence-electron chi connectivity index (χ2n) is 7.79. The molecule has 0 spiro atoms. The lowest BCUT2D eigenvalue weighted by molar-refractivity contribution is 0.102. The van der Waals surface area contributed by atoms with Crippen LogP contribution >= 0.6 is 0 Å². The molecule has 5 rings (SSSR count). The molecule has 1 N–H and O–H groups in total. The number of nitrogens with one attached hydrogen (secondary N) is 1. The van der Waals surface area contributed by atoms with Gasteiger partial charge in [-0.3, -0.25) is 10.1 Å². The number of nitrogens with zero attached hydrogens (tertiary/aromatic N) is 3. The summed E-state index contributed by atoms with van der Waals surface area (Å²) in [5, 5.41) is 11.2. The lowest BCUT2D eigenvalue weighted by atomic mass is 10.2. The molecule has 0 unspecified atom stereocenters. The van der Waals surface area contributed by atoms with Gasteiger partial charge in [-0.15, -0.1) is 5.10 Å². The molecule has 3 aromatic carbocycles. The number of carbonyl (C=O) groups excluding carboxylic acids is 1. The van der Waals surface area contributed by atoms with E-state index in [-0.39, 0.29) is 28.9 Å². The molecule has 9 nitrogen and oxygen atoms in total. The Balaban J connectivity index is 1.27. The molecule has 2 aromatic heterocycles. The van der Waals surface area contributed by atoms with Crippen molar-refractivity contribution >= 4 is 32.9 Å². The highest BCUT2D eigenvalue weighted by Crippen LogP contribution is 2.27. The van der Waals surface area contributed by atoms with Gasteiger partial charge in [-0.1, -0.05) is 53.6 Å². The molecule has 0 radical (unpaired) electrons. The van der Waals surface area contributed by atoms with E-state index in [0.717, 1.165) is 10.9 Å². The first kappa shape index (κ1) is 22.5. The molecule has 0 atom stereocenters. The Labute approximate surface area is 201 Å². The Morgan fingerprint density at radius 2 is 1.63 bits per heavy atom. The summed E-state index contributed by atoms with van der Waals surface area (Å²) >= 11 is 0. The van der Waals surface area contributed by atoms with Crippen LogP contribution in [0, 0.1) is 0 Å². The summed E-state index contributed by atoms with van der Waals surface area (Å²) in [7, 11) is -2.21. The van der Waals surface area contributed by atoms with Gasteiger partial charge in [0.1, 0.15) is 5.58 Å². The van der Waals surface area contributed by atoms with E-state index in [1.165, 1.54) is 35.6 Å². The summed E-state index contributed by atoms with van der Waals surface area (Å²) in [5.74, 6) is -0.0147. The number of hydrogen-bond donors (Lipinski definition) is 1. The van der Waals surface area contributed by atoms with Gasteiger partial charge in [0, 0.05) is 24.5 Å². The number of sulfonamides is 1. The summed E-state index contributed by atoms with van der Waals surface area (Å²) in [6, 6.07) is 24.0. The van der Waals surface area contributed by atoms with Crippen LogP contribution in [0.5, 0.6) is 0 Å². The van der Waals surface area contributed by atoms with Crippen molar-refractivity contribution in [1.82, 2.24) is 14.5 Å². The van der Waals surface area contributed by atoms with E-state index >= 15 is 0 Å². The zero-order valence-corrected chi connectivity index (χ0v) is 19.4. The fraction of sp³-hybridized carbons (Fsp3) is 0.0800. The van der Waals surface area contributed by atoms with Gasteiger partial charge in [0.25, 0.3) is 11.8 Å². The van der Waals surface area contributed by atoms with Crippen molar-refractivity contribution < 1.29 is 22.0 Å². The molecule has 0 bridgehead atoms. The minimum Gasteiger partial charge on any atom is -0.451 e. The van der Waals surface area contributed by atoms with Crippen LogP contribution in [-0.4, -0.2) is 35.9 Å². The SMILES string of the molecule is CN(Cc1ccccc1)S(=O)(=O)c1ccc(C(=O)Nc2nnc(-c3cc4ccccc4o3)o2)cc1. The van der Waals surface area contributed by atoms with Crippen molar-refractivity contribution in [2.24, 2.45) is 0 Å². The van der Waals surface area contributed by atoms with Crippen molar-refractivity contribution in [2.45, 2.75) is 11.4 Å². The number of anilines is 1. The molecule has 0 saturated heterocycles. The van der Waals surface area contributed by atoms with E-state index in [1.807, 2.05) is 54.6 Å². The first-order chi connectivity index (χ1) is 16.9. The van der Waals surface area contributed by atoms with Crippen LogP contribution in [0.1, 0.15) is 15.9 Å². The number of carbonyl (C=O) groups is 1. The van der Waals surface area contributed by atoms with Crippen LogP contribution in [0.2, 0.25) is 0 Å². The summed E-state index contributed by atoms with van der Waals surface area (Å²) in [6.07, 6.45) is 0. The molecule has 35 heavy (non-hydrogen) atoms. The average Bonchev–Trinajstić information content (AvgIpc) is 3.51. The molecular formula is C25H20N4O5S. The largest absolute Gasteiger partial charge is 0.451 e. The van der Waals surface area contributed by atoms with Crippen LogP contribution in [0.25, 0.3) is 22.6 Å². The maximum atomic E-state index is 12.9. The van der Waals surface area contributed by atoms with Gasteiger partial charge < -0.3 is 8.83 Å². The summed E-state index contributed by atoms with van der Waals surface area (Å²) in [4.78, 5) is 12.7. The summed E-state index contributed by atoms with van der Waals surface area (Å²) in [6.45, 7) is 0.232. The highest BCUT2D eigenvalue weighted by atomic mass is 32.2. The van der Waals surface area contributed by atoms with Crippen LogP contribution in [0.4, 0.5) is 6.01 Å². The minimum atomic E-state index is -3.73. The molecule has 176 valence electrons. The van der Waals surface area contributed by atoms with E-state index in [1.54, 1.807) is 6.07 Å². The third kappa shape index (κ3) is 4.70. The lowest BCUT2D eigenvalue weighted by Crippen LogP contribution is -2.26. The molecule has 0 aliphatic carbocycles. The quantitative estimate of drug-likeness (QED) is 0.357. The van der Waals surface area contributed by atoms with Crippen LogP contribution < -0.4 is 5.32 Å². The number of fused-ring (bicyclic) bond motifs is 1. The first-order valence-corrected chi connectivity index (χ1v) is 12.1. The van der Waals surface area contributed by atoms with Gasteiger partial charge in [-0.2, -0.15) is 4.31 Å². The Kier molecular flexibility index (Phi) is 5.89. The van der Waals surface area contributed by atoms with Crippen molar-refractivity contribution in [1.29, 1.82) is 0 Å². The van der Waals surface area contributed by atoms with Crippen molar-refractivity contribution in [3.05, 3.63) is 96.1 Å². The molecule has 0 aliphatic rings. The second-order valence-corrected chi connectivity index (χ2v) is 9.83. The normalized spacial score (nSPS) is 11.7. The Bertz CT molecular complexity index is 1560. The maximum absolute atomic E-state index is 12.9. The van der Waals surface area contributed by atoms with E-state index in [9.17, 15) is 13.2 Å². The Hall–Kier alpha value is -4.28. The third-order valence-electron chi connectivity index (χ3n) is 5.35. The van der Waals surface area contributed by atoms with Crippen molar-refractivity contribution in [3.8, 4) is 11.7 Å². The van der Waals surface area contributed by atoms with Gasteiger partial charge in [0.2, 0.25) is 10.0 Å². The van der Waals surface area contributed by atoms with Gasteiger partial charge in [0.05, 0.1) is 4.90 Å². The average molecular weight is 489 g/mol. The smallest absolute Gasteiger partial charge is 0.322 e. The van der Waals surface area contributed by atoms with Gasteiger partial charge >= 0.3 is 6.01 Å². The third-order valence-corrected chi connectivity index (χ3v) is 7.17. The lowest BCUT2D eigenvalue weighted by Gasteiger charge is -2.17. The summed E-state index contributed by atoms with van der Waals surface area (Å²) in [5.41, 5.74) is 1.78. The molecule has 5 aromatic rings. The summed E-state index contributed by atoms with van der Waals surface area (Å²) < 4.78 is 38.2. The fourth-order valence-electron chi connectivity index (χ4n) is 3.51. The van der Waals surface area contributed by atoms with E-state index in [4.69, 9.17) is 8.83 Å². The highest BCUT2D eigenvalue weighted by molar-refractivity contribution is 7.89. The van der Waals surface area contributed by atoms with Gasteiger partial charge in [0.15, 0.2) is 5.76 Å². The number of para-hydroxylation sites is 1. The van der Waals surface area contributed by atoms with Crippen molar-refractivity contribution in [3.63, 3.8) is 0 Å². The number of furan rings is 1. The predicted molar refractivity (Wildman–Crippen MR) is 129 cm³/mol. The first-order valence-electron chi connectivity index (χ1n) is 10.6. The Morgan fingerprint density at radius 3 is 2.37 bits per heavy atom. The zero-order chi connectivity index (χ0) is 24.4. The fourth-order valence-corrected chi connectivity index (χ4v) is 4.67. The number of hydrogen-bond acceptors (Lipinski definition) is 7. The van der Waals surface area contributed by atoms with Crippen molar-refractivity contribution in [2.75, 3.05) is 12.4 Å². The van der Waals surface area contributed by atoms with Crippen LogP contribution in [0.15, 0.2) is 98.7 Å². The molecular weight excluding hydrogens is 468 g/mol. The van der Waals surface area contributed by atoms with E-state index in [0.29, 0.717) is 11.3 Å².